The van der Waals surface area contributed by atoms with Gasteiger partial charge in [0.2, 0.25) is 0 Å². The van der Waals surface area contributed by atoms with Gasteiger partial charge < -0.3 is 0 Å². The second-order valence-corrected chi connectivity index (χ2v) is 5.87. The van der Waals surface area contributed by atoms with Gasteiger partial charge in [0.05, 0.1) is 0 Å². The van der Waals surface area contributed by atoms with Gasteiger partial charge in [0, 0.05) is 5.56 Å². The van der Waals surface area contributed by atoms with E-state index in [2.05, 4.69) is 0 Å². The van der Waals surface area contributed by atoms with Crippen molar-refractivity contribution in [3.05, 3.63) is 58.9 Å². The summed E-state index contributed by atoms with van der Waals surface area (Å²) >= 11 is 1.92. The van der Waals surface area contributed by atoms with Crippen LogP contribution in [0.3, 0.4) is 0 Å². The zero-order valence-electron chi connectivity index (χ0n) is 11.6. The Morgan fingerprint density at radius 2 is 1.55 bits per heavy atom. The average Bonchev–Trinajstić information content (AvgIpc) is 2.36. The third-order valence-electron chi connectivity index (χ3n) is 3.21. The fourth-order valence-corrected chi connectivity index (χ4v) is 2.62. The van der Waals surface area contributed by atoms with Crippen molar-refractivity contribution in [1.82, 2.24) is 0 Å². The van der Waals surface area contributed by atoms with Crippen molar-refractivity contribution in [3.8, 4) is 11.1 Å². The lowest BCUT2D eigenvalue weighted by atomic mass is 9.99. The Labute approximate surface area is 133 Å². The van der Waals surface area contributed by atoms with Crippen LogP contribution in [0, 0.1) is 17.5 Å². The molecule has 2 rings (SSSR count). The largest absolute Gasteiger partial charge is 0.332 e. The molecule has 0 saturated heterocycles. The molecule has 22 heavy (non-hydrogen) atoms. The van der Waals surface area contributed by atoms with Crippen molar-refractivity contribution in [2.24, 2.45) is 0 Å². The molecule has 0 fully saturated rings. The third kappa shape index (κ3) is 3.48. The highest BCUT2D eigenvalue weighted by atomic mass is 79.9. The third-order valence-corrected chi connectivity index (χ3v) is 3.61. The van der Waals surface area contributed by atoms with Crippen LogP contribution in [0.15, 0.2) is 30.3 Å². The molecule has 0 aromatic heterocycles. The van der Waals surface area contributed by atoms with Crippen LogP contribution in [-0.4, -0.2) is 0 Å². The van der Waals surface area contributed by atoms with Gasteiger partial charge in [0.25, 0.3) is 0 Å². The van der Waals surface area contributed by atoms with Gasteiger partial charge in [-0.3, -0.25) is 0 Å². The molecule has 0 saturated carbocycles. The standard InChI is InChI=1S/C16H12BrF5/c1-2-3-9-4-5-11(12(18)6-9)10-7-13(19)15(14(20)8-10)16(17,21)22/h4-8H,2-3H2,1H3. The quantitative estimate of drug-likeness (QED) is 0.440. The summed E-state index contributed by atoms with van der Waals surface area (Å²) in [4.78, 5) is -3.83. The number of aryl methyl sites for hydroxylation is 1. The number of alkyl halides is 3. The monoisotopic (exact) mass is 378 g/mol. The summed E-state index contributed by atoms with van der Waals surface area (Å²) in [5.41, 5.74) is -0.800. The van der Waals surface area contributed by atoms with E-state index in [4.69, 9.17) is 0 Å². The molecule has 2 aromatic rings. The van der Waals surface area contributed by atoms with Crippen LogP contribution in [-0.2, 0) is 11.3 Å². The minimum atomic E-state index is -3.83. The Kier molecular flexibility index (Phi) is 4.90. The Morgan fingerprint density at radius 3 is 2.00 bits per heavy atom. The lowest BCUT2D eigenvalue weighted by Crippen LogP contribution is -2.09. The van der Waals surface area contributed by atoms with Crippen molar-refractivity contribution in [1.29, 1.82) is 0 Å². The topological polar surface area (TPSA) is 0 Å². The van der Waals surface area contributed by atoms with Gasteiger partial charge in [0.1, 0.15) is 23.0 Å². The van der Waals surface area contributed by atoms with E-state index in [-0.39, 0.29) is 11.1 Å². The summed E-state index contributed by atoms with van der Waals surface area (Å²) < 4.78 is 67.7. The van der Waals surface area contributed by atoms with Crippen molar-refractivity contribution in [2.75, 3.05) is 0 Å². The predicted molar refractivity (Wildman–Crippen MR) is 78.6 cm³/mol. The molecule has 0 radical (unpaired) electrons. The molecule has 0 aliphatic carbocycles. The van der Waals surface area contributed by atoms with E-state index in [0.717, 1.165) is 12.0 Å². The lowest BCUT2D eigenvalue weighted by molar-refractivity contribution is 0.105. The van der Waals surface area contributed by atoms with Crippen LogP contribution in [0.1, 0.15) is 24.5 Å². The Hall–Kier alpha value is -1.43. The minimum absolute atomic E-state index is 0.0397. The highest BCUT2D eigenvalue weighted by Gasteiger charge is 2.35. The fraction of sp³-hybridized carbons (Fsp3) is 0.250. The summed E-state index contributed by atoms with van der Waals surface area (Å²) in [6.45, 7) is 1.94. The van der Waals surface area contributed by atoms with Crippen LogP contribution < -0.4 is 0 Å². The van der Waals surface area contributed by atoms with E-state index in [0.29, 0.717) is 18.6 Å². The van der Waals surface area contributed by atoms with Gasteiger partial charge in [-0.2, -0.15) is 8.78 Å². The molecule has 0 amide bonds. The van der Waals surface area contributed by atoms with Crippen molar-refractivity contribution >= 4 is 15.9 Å². The molecule has 118 valence electrons. The highest BCUT2D eigenvalue weighted by Crippen LogP contribution is 2.39. The van der Waals surface area contributed by atoms with Gasteiger partial charge in [-0.25, -0.2) is 13.2 Å². The van der Waals surface area contributed by atoms with E-state index >= 15 is 0 Å². The Balaban J connectivity index is 2.51. The van der Waals surface area contributed by atoms with Crippen molar-refractivity contribution < 1.29 is 22.0 Å². The van der Waals surface area contributed by atoms with Crippen LogP contribution in [0.25, 0.3) is 11.1 Å². The predicted octanol–water partition coefficient (Wildman–Crippen LogP) is 6.17. The second kappa shape index (κ2) is 6.36. The minimum Gasteiger partial charge on any atom is -0.206 e. The summed E-state index contributed by atoms with van der Waals surface area (Å²) in [7, 11) is 0. The van der Waals surface area contributed by atoms with Crippen LogP contribution in [0.4, 0.5) is 22.0 Å². The van der Waals surface area contributed by atoms with E-state index in [1.807, 2.05) is 22.9 Å². The number of hydrogen-bond donors (Lipinski definition) is 0. The summed E-state index contributed by atoms with van der Waals surface area (Å²) in [6.07, 6.45) is 1.51. The van der Waals surface area contributed by atoms with Gasteiger partial charge >= 0.3 is 4.83 Å². The van der Waals surface area contributed by atoms with E-state index < -0.39 is 27.8 Å². The average molecular weight is 379 g/mol. The molecule has 0 atom stereocenters. The molecule has 0 aliphatic rings. The molecule has 0 N–H and O–H groups in total. The molecule has 0 bridgehead atoms. The zero-order chi connectivity index (χ0) is 16.5. The maximum absolute atomic E-state index is 14.1. The van der Waals surface area contributed by atoms with E-state index in [1.54, 1.807) is 6.07 Å². The first-order valence-electron chi connectivity index (χ1n) is 6.59. The first-order valence-corrected chi connectivity index (χ1v) is 7.38. The fourth-order valence-electron chi connectivity index (χ4n) is 2.24. The number of rotatable bonds is 4. The molecular formula is C16H12BrF5. The number of halogens is 6. The normalized spacial score (nSPS) is 11.8. The van der Waals surface area contributed by atoms with Crippen molar-refractivity contribution in [3.63, 3.8) is 0 Å². The van der Waals surface area contributed by atoms with Crippen LogP contribution in [0.5, 0.6) is 0 Å². The first-order chi connectivity index (χ1) is 10.2. The van der Waals surface area contributed by atoms with Crippen LogP contribution in [0.2, 0.25) is 0 Å². The molecule has 0 heterocycles. The Morgan fingerprint density at radius 1 is 0.955 bits per heavy atom. The van der Waals surface area contributed by atoms with Gasteiger partial charge in [-0.15, -0.1) is 0 Å². The van der Waals surface area contributed by atoms with Gasteiger partial charge in [-0.05, 0) is 51.7 Å². The molecule has 0 nitrogen and oxygen atoms in total. The second-order valence-electron chi connectivity index (χ2n) is 4.88. The van der Waals surface area contributed by atoms with Gasteiger partial charge in [0.15, 0.2) is 0 Å². The first kappa shape index (κ1) is 16.9. The molecular weight excluding hydrogens is 367 g/mol. The SMILES string of the molecule is CCCc1ccc(-c2cc(F)c(C(F)(F)Br)c(F)c2)c(F)c1. The van der Waals surface area contributed by atoms with Gasteiger partial charge in [-0.1, -0.05) is 25.5 Å². The van der Waals surface area contributed by atoms with Crippen molar-refractivity contribution in [2.45, 2.75) is 24.6 Å². The lowest BCUT2D eigenvalue weighted by Gasteiger charge is -2.13. The van der Waals surface area contributed by atoms with E-state index in [1.165, 1.54) is 12.1 Å². The zero-order valence-corrected chi connectivity index (χ0v) is 13.2. The van der Waals surface area contributed by atoms with Crippen LogP contribution >= 0.6 is 15.9 Å². The summed E-state index contributed by atoms with van der Waals surface area (Å²) in [6, 6.07) is 5.71. The molecule has 6 heteroatoms. The molecule has 0 spiro atoms. The molecule has 0 unspecified atom stereocenters. The molecule has 2 aromatic carbocycles. The highest BCUT2D eigenvalue weighted by molar-refractivity contribution is 9.09. The Bertz CT molecular complexity index is 668. The summed E-state index contributed by atoms with van der Waals surface area (Å²) in [5.74, 6) is -3.52. The number of hydrogen-bond acceptors (Lipinski definition) is 0. The maximum atomic E-state index is 14.1. The maximum Gasteiger partial charge on any atom is 0.332 e. The molecule has 0 aliphatic heterocycles. The number of benzene rings is 2. The smallest absolute Gasteiger partial charge is 0.206 e. The summed E-state index contributed by atoms with van der Waals surface area (Å²) in [5, 5.41) is 0. The van der Waals surface area contributed by atoms with E-state index in [9.17, 15) is 22.0 Å².